The average molecular weight is 368 g/mol. The SMILES string of the molecule is COc1ccc(CCNC(=O)N2CCC(Cc3ccc(OC)cc3)C2)cc1. The molecular formula is C22H28N2O3. The molecule has 2 amide bonds. The van der Waals surface area contributed by atoms with Crippen molar-refractivity contribution in [3.8, 4) is 11.5 Å². The topological polar surface area (TPSA) is 50.8 Å². The van der Waals surface area contributed by atoms with Crippen molar-refractivity contribution in [2.45, 2.75) is 19.3 Å². The fourth-order valence-electron chi connectivity index (χ4n) is 3.50. The molecular weight excluding hydrogens is 340 g/mol. The predicted octanol–water partition coefficient (Wildman–Crippen LogP) is 3.52. The lowest BCUT2D eigenvalue weighted by Gasteiger charge is -2.17. The smallest absolute Gasteiger partial charge is 0.317 e. The molecule has 144 valence electrons. The van der Waals surface area contributed by atoms with Crippen molar-refractivity contribution in [3.63, 3.8) is 0 Å². The number of nitrogens with zero attached hydrogens (tertiary/aromatic N) is 1. The van der Waals surface area contributed by atoms with Crippen LogP contribution in [0.1, 0.15) is 17.5 Å². The highest BCUT2D eigenvalue weighted by atomic mass is 16.5. The molecule has 1 saturated heterocycles. The van der Waals surface area contributed by atoms with Crippen LogP contribution in [0, 0.1) is 5.92 Å². The molecule has 0 radical (unpaired) electrons. The molecule has 0 saturated carbocycles. The van der Waals surface area contributed by atoms with Crippen molar-refractivity contribution in [1.29, 1.82) is 0 Å². The summed E-state index contributed by atoms with van der Waals surface area (Å²) in [4.78, 5) is 14.3. The zero-order valence-corrected chi connectivity index (χ0v) is 16.1. The van der Waals surface area contributed by atoms with Crippen molar-refractivity contribution < 1.29 is 14.3 Å². The Morgan fingerprint density at radius 1 is 1.00 bits per heavy atom. The monoisotopic (exact) mass is 368 g/mol. The van der Waals surface area contributed by atoms with Gasteiger partial charge in [0.25, 0.3) is 0 Å². The van der Waals surface area contributed by atoms with Crippen LogP contribution < -0.4 is 14.8 Å². The molecule has 0 aliphatic carbocycles. The number of ether oxygens (including phenoxy) is 2. The molecule has 1 heterocycles. The number of carbonyl (C=O) groups is 1. The summed E-state index contributed by atoms with van der Waals surface area (Å²) in [5, 5.41) is 3.04. The minimum Gasteiger partial charge on any atom is -0.497 e. The van der Waals surface area contributed by atoms with Gasteiger partial charge in [0.2, 0.25) is 0 Å². The Labute approximate surface area is 161 Å². The van der Waals surface area contributed by atoms with E-state index in [4.69, 9.17) is 9.47 Å². The first kappa shape index (κ1) is 19.1. The van der Waals surface area contributed by atoms with Gasteiger partial charge in [-0.15, -0.1) is 0 Å². The number of hydrogen-bond donors (Lipinski definition) is 1. The Morgan fingerprint density at radius 3 is 2.19 bits per heavy atom. The predicted molar refractivity (Wildman–Crippen MR) is 106 cm³/mol. The number of benzene rings is 2. The van der Waals surface area contributed by atoms with E-state index in [2.05, 4.69) is 17.4 Å². The first-order chi connectivity index (χ1) is 13.2. The molecule has 1 unspecified atom stereocenters. The molecule has 0 spiro atoms. The summed E-state index contributed by atoms with van der Waals surface area (Å²) in [6.45, 7) is 2.29. The van der Waals surface area contributed by atoms with E-state index in [1.807, 2.05) is 41.3 Å². The standard InChI is InChI=1S/C22H28N2O3/c1-26-20-7-3-17(4-8-20)11-13-23-22(25)24-14-12-19(16-24)15-18-5-9-21(27-2)10-6-18/h3-10,19H,11-16H2,1-2H3,(H,23,25). The van der Waals surface area contributed by atoms with Crippen LogP contribution in [0.25, 0.3) is 0 Å². The van der Waals surface area contributed by atoms with Gasteiger partial charge in [-0.25, -0.2) is 4.79 Å². The zero-order chi connectivity index (χ0) is 19.1. The molecule has 1 atom stereocenters. The number of hydrogen-bond acceptors (Lipinski definition) is 3. The highest BCUT2D eigenvalue weighted by Gasteiger charge is 2.26. The van der Waals surface area contributed by atoms with Crippen LogP contribution in [0.2, 0.25) is 0 Å². The first-order valence-corrected chi connectivity index (χ1v) is 9.46. The fraction of sp³-hybridized carbons (Fsp3) is 0.409. The molecule has 0 bridgehead atoms. The lowest BCUT2D eigenvalue weighted by atomic mass is 9.99. The number of urea groups is 1. The number of rotatable bonds is 7. The van der Waals surface area contributed by atoms with Gasteiger partial charge >= 0.3 is 6.03 Å². The van der Waals surface area contributed by atoms with E-state index >= 15 is 0 Å². The van der Waals surface area contributed by atoms with Gasteiger partial charge in [-0.05, 0) is 60.6 Å². The van der Waals surface area contributed by atoms with Gasteiger partial charge in [0, 0.05) is 19.6 Å². The normalized spacial score (nSPS) is 16.2. The minimum absolute atomic E-state index is 0.0424. The molecule has 2 aromatic rings. The number of amides is 2. The molecule has 1 N–H and O–H groups in total. The van der Waals surface area contributed by atoms with Gasteiger partial charge < -0.3 is 19.7 Å². The first-order valence-electron chi connectivity index (χ1n) is 9.46. The van der Waals surface area contributed by atoms with E-state index in [0.717, 1.165) is 43.9 Å². The maximum Gasteiger partial charge on any atom is 0.317 e. The molecule has 1 fully saturated rings. The van der Waals surface area contributed by atoms with Crippen LogP contribution in [-0.2, 0) is 12.8 Å². The van der Waals surface area contributed by atoms with Crippen molar-refractivity contribution in [3.05, 3.63) is 59.7 Å². The Balaban J connectivity index is 1.40. The molecule has 1 aliphatic rings. The number of likely N-dealkylation sites (tertiary alicyclic amines) is 1. The average Bonchev–Trinajstić information content (AvgIpc) is 3.17. The summed E-state index contributed by atoms with van der Waals surface area (Å²) in [5.41, 5.74) is 2.48. The van der Waals surface area contributed by atoms with Crippen molar-refractivity contribution in [2.75, 3.05) is 33.9 Å². The second-order valence-electron chi connectivity index (χ2n) is 6.98. The van der Waals surface area contributed by atoms with Crippen LogP contribution in [-0.4, -0.2) is 44.8 Å². The number of nitrogens with one attached hydrogen (secondary N) is 1. The third kappa shape index (κ3) is 5.39. The van der Waals surface area contributed by atoms with Crippen molar-refractivity contribution >= 4 is 6.03 Å². The van der Waals surface area contributed by atoms with E-state index in [-0.39, 0.29) is 6.03 Å². The maximum absolute atomic E-state index is 12.4. The molecule has 5 heteroatoms. The van der Waals surface area contributed by atoms with Crippen molar-refractivity contribution in [2.24, 2.45) is 5.92 Å². The van der Waals surface area contributed by atoms with Crippen LogP contribution >= 0.6 is 0 Å². The Kier molecular flexibility index (Phi) is 6.58. The summed E-state index contributed by atoms with van der Waals surface area (Å²) in [6.07, 6.45) is 2.87. The summed E-state index contributed by atoms with van der Waals surface area (Å²) in [6, 6.07) is 16.2. The third-order valence-corrected chi connectivity index (χ3v) is 5.11. The lowest BCUT2D eigenvalue weighted by molar-refractivity contribution is 0.207. The Bertz CT molecular complexity index is 728. The van der Waals surface area contributed by atoms with Crippen LogP contribution in [0.4, 0.5) is 4.79 Å². The van der Waals surface area contributed by atoms with E-state index in [1.165, 1.54) is 11.1 Å². The molecule has 1 aliphatic heterocycles. The molecule has 27 heavy (non-hydrogen) atoms. The van der Waals surface area contributed by atoms with Gasteiger partial charge in [0.05, 0.1) is 14.2 Å². The Morgan fingerprint density at radius 2 is 1.59 bits per heavy atom. The molecule has 0 aromatic heterocycles. The van der Waals surface area contributed by atoms with Gasteiger partial charge in [0.15, 0.2) is 0 Å². The van der Waals surface area contributed by atoms with Crippen LogP contribution in [0.3, 0.4) is 0 Å². The van der Waals surface area contributed by atoms with Crippen LogP contribution in [0.5, 0.6) is 11.5 Å². The van der Waals surface area contributed by atoms with Crippen LogP contribution in [0.15, 0.2) is 48.5 Å². The van der Waals surface area contributed by atoms with E-state index in [9.17, 15) is 4.79 Å². The second-order valence-corrected chi connectivity index (χ2v) is 6.98. The second kappa shape index (κ2) is 9.31. The fourth-order valence-corrected chi connectivity index (χ4v) is 3.50. The third-order valence-electron chi connectivity index (χ3n) is 5.11. The number of carbonyl (C=O) groups excluding carboxylic acids is 1. The summed E-state index contributed by atoms with van der Waals surface area (Å²) in [5.74, 6) is 2.25. The largest absolute Gasteiger partial charge is 0.497 e. The summed E-state index contributed by atoms with van der Waals surface area (Å²) < 4.78 is 10.4. The van der Waals surface area contributed by atoms with Gasteiger partial charge in [-0.1, -0.05) is 24.3 Å². The number of methoxy groups -OCH3 is 2. The zero-order valence-electron chi connectivity index (χ0n) is 16.1. The Hall–Kier alpha value is -2.69. The molecule has 2 aromatic carbocycles. The minimum atomic E-state index is 0.0424. The maximum atomic E-state index is 12.4. The molecule has 3 rings (SSSR count). The highest BCUT2D eigenvalue weighted by molar-refractivity contribution is 5.74. The molecule has 5 nitrogen and oxygen atoms in total. The van der Waals surface area contributed by atoms with Gasteiger partial charge in [-0.3, -0.25) is 0 Å². The summed E-state index contributed by atoms with van der Waals surface area (Å²) >= 11 is 0. The lowest BCUT2D eigenvalue weighted by Crippen LogP contribution is -2.39. The van der Waals surface area contributed by atoms with E-state index in [1.54, 1.807) is 14.2 Å². The highest BCUT2D eigenvalue weighted by Crippen LogP contribution is 2.22. The van der Waals surface area contributed by atoms with Gasteiger partial charge in [-0.2, -0.15) is 0 Å². The van der Waals surface area contributed by atoms with Gasteiger partial charge in [0.1, 0.15) is 11.5 Å². The van der Waals surface area contributed by atoms with E-state index in [0.29, 0.717) is 12.5 Å². The summed E-state index contributed by atoms with van der Waals surface area (Å²) in [7, 11) is 3.34. The quantitative estimate of drug-likeness (QED) is 0.813. The van der Waals surface area contributed by atoms with Crippen molar-refractivity contribution in [1.82, 2.24) is 10.2 Å². The van der Waals surface area contributed by atoms with E-state index < -0.39 is 0 Å².